The average Bonchev–Trinajstić information content (AvgIpc) is 3.18. The van der Waals surface area contributed by atoms with E-state index in [-0.39, 0.29) is 18.2 Å². The largest absolute Gasteiger partial charge is 0.573 e. The third-order valence-electron chi connectivity index (χ3n) is 5.50. The molecule has 2 amide bonds. The molecule has 1 aromatic carbocycles. The number of anilines is 1. The van der Waals surface area contributed by atoms with Crippen molar-refractivity contribution >= 4 is 17.5 Å². The van der Waals surface area contributed by atoms with Gasteiger partial charge in [-0.05, 0) is 61.3 Å². The number of carbonyl (C=O) groups excluding carboxylic acids is 2. The Bertz CT molecular complexity index is 690. The SMILES string of the molecule is CN(CC(=O)Nc1ccc(OC(F)(F)F)cc1)C(=O)C[C@@H]1C[C@H]2CC[C@@H]1C2. The van der Waals surface area contributed by atoms with E-state index in [0.29, 0.717) is 23.9 Å². The smallest absolute Gasteiger partial charge is 0.406 e. The standard InChI is InChI=1S/C19H23F3N2O3/c1-24(18(26)10-14-9-12-2-3-13(14)8-12)11-17(25)23-15-4-6-16(7-5-15)27-19(20,21)22/h4-7,12-14H,2-3,8-11H2,1H3,(H,23,25)/t12-,13+,14-/m0/s1. The summed E-state index contributed by atoms with van der Waals surface area (Å²) in [5.74, 6) is 1.05. The van der Waals surface area contributed by atoms with Crippen LogP contribution in [0.15, 0.2) is 24.3 Å². The Kier molecular flexibility index (Phi) is 5.62. The number of hydrogen-bond donors (Lipinski definition) is 1. The normalized spacial score (nSPS) is 23.9. The third-order valence-corrected chi connectivity index (χ3v) is 5.50. The first-order valence-corrected chi connectivity index (χ1v) is 9.09. The molecule has 0 aliphatic heterocycles. The first-order valence-electron chi connectivity index (χ1n) is 9.09. The highest BCUT2D eigenvalue weighted by Crippen LogP contribution is 2.49. The number of hydrogen-bond acceptors (Lipinski definition) is 3. The van der Waals surface area contributed by atoms with E-state index in [0.717, 1.165) is 24.5 Å². The maximum absolute atomic E-state index is 12.4. The minimum atomic E-state index is -4.76. The molecule has 148 valence electrons. The Morgan fingerprint density at radius 2 is 1.89 bits per heavy atom. The van der Waals surface area contributed by atoms with Gasteiger partial charge in [0.25, 0.3) is 0 Å². The lowest BCUT2D eigenvalue weighted by atomic mass is 9.86. The molecule has 2 fully saturated rings. The zero-order chi connectivity index (χ0) is 19.6. The van der Waals surface area contributed by atoms with Crippen LogP contribution in [-0.4, -0.2) is 36.7 Å². The quantitative estimate of drug-likeness (QED) is 0.812. The number of rotatable bonds is 6. The molecule has 0 saturated heterocycles. The highest BCUT2D eigenvalue weighted by molar-refractivity contribution is 5.94. The number of carbonyl (C=O) groups is 2. The molecule has 0 spiro atoms. The predicted molar refractivity (Wildman–Crippen MR) is 92.9 cm³/mol. The molecule has 2 saturated carbocycles. The second-order valence-electron chi connectivity index (χ2n) is 7.51. The van der Waals surface area contributed by atoms with Gasteiger partial charge in [0.15, 0.2) is 0 Å². The van der Waals surface area contributed by atoms with Gasteiger partial charge in [0.2, 0.25) is 11.8 Å². The van der Waals surface area contributed by atoms with E-state index in [1.54, 1.807) is 7.05 Å². The first kappa shape index (κ1) is 19.5. The highest BCUT2D eigenvalue weighted by Gasteiger charge is 2.40. The second-order valence-corrected chi connectivity index (χ2v) is 7.51. The van der Waals surface area contributed by atoms with Gasteiger partial charge in [-0.3, -0.25) is 9.59 Å². The predicted octanol–water partition coefficient (Wildman–Crippen LogP) is 3.81. The molecule has 2 bridgehead atoms. The van der Waals surface area contributed by atoms with Gasteiger partial charge in [-0.2, -0.15) is 0 Å². The van der Waals surface area contributed by atoms with Crippen LogP contribution in [0.1, 0.15) is 32.1 Å². The topological polar surface area (TPSA) is 58.6 Å². The second kappa shape index (κ2) is 7.78. The van der Waals surface area contributed by atoms with E-state index in [1.165, 1.54) is 36.3 Å². The molecule has 5 nitrogen and oxygen atoms in total. The summed E-state index contributed by atoms with van der Waals surface area (Å²) >= 11 is 0. The summed E-state index contributed by atoms with van der Waals surface area (Å²) in [4.78, 5) is 25.9. The van der Waals surface area contributed by atoms with Gasteiger partial charge in [-0.25, -0.2) is 0 Å². The Morgan fingerprint density at radius 3 is 2.44 bits per heavy atom. The summed E-state index contributed by atoms with van der Waals surface area (Å²) in [5, 5.41) is 2.57. The van der Waals surface area contributed by atoms with Crippen molar-refractivity contribution in [2.24, 2.45) is 17.8 Å². The fraction of sp³-hybridized carbons (Fsp3) is 0.579. The molecule has 27 heavy (non-hydrogen) atoms. The number of halogens is 3. The van der Waals surface area contributed by atoms with E-state index < -0.39 is 12.3 Å². The molecule has 0 radical (unpaired) electrons. The average molecular weight is 384 g/mol. The maximum Gasteiger partial charge on any atom is 0.573 e. The van der Waals surface area contributed by atoms with Crippen LogP contribution in [0.2, 0.25) is 0 Å². The lowest BCUT2D eigenvalue weighted by Crippen LogP contribution is -2.36. The Labute approximate surface area is 155 Å². The number of amides is 2. The minimum Gasteiger partial charge on any atom is -0.406 e. The summed E-state index contributed by atoms with van der Waals surface area (Å²) in [7, 11) is 1.59. The van der Waals surface area contributed by atoms with Crippen molar-refractivity contribution in [2.75, 3.05) is 18.9 Å². The number of fused-ring (bicyclic) bond motifs is 2. The molecule has 1 aromatic rings. The van der Waals surface area contributed by atoms with Gasteiger partial charge >= 0.3 is 6.36 Å². The molecular weight excluding hydrogens is 361 g/mol. The van der Waals surface area contributed by atoms with Crippen LogP contribution in [0.5, 0.6) is 5.75 Å². The number of likely N-dealkylation sites (N-methyl/N-ethyl adjacent to an activating group) is 1. The van der Waals surface area contributed by atoms with Gasteiger partial charge in [-0.15, -0.1) is 13.2 Å². The third kappa shape index (κ3) is 5.37. The Morgan fingerprint density at radius 1 is 1.19 bits per heavy atom. The number of alkyl halides is 3. The zero-order valence-corrected chi connectivity index (χ0v) is 15.1. The summed E-state index contributed by atoms with van der Waals surface area (Å²) < 4.78 is 40.2. The van der Waals surface area contributed by atoms with Crippen LogP contribution in [0.4, 0.5) is 18.9 Å². The van der Waals surface area contributed by atoms with E-state index >= 15 is 0 Å². The van der Waals surface area contributed by atoms with Gasteiger partial charge in [-0.1, -0.05) is 6.42 Å². The number of benzene rings is 1. The van der Waals surface area contributed by atoms with E-state index in [4.69, 9.17) is 0 Å². The van der Waals surface area contributed by atoms with Gasteiger partial charge in [0.1, 0.15) is 5.75 Å². The minimum absolute atomic E-state index is 0.0448. The van der Waals surface area contributed by atoms with E-state index in [9.17, 15) is 22.8 Å². The molecule has 0 aromatic heterocycles. The van der Waals surface area contributed by atoms with Gasteiger partial charge in [0.05, 0.1) is 6.54 Å². The zero-order valence-electron chi connectivity index (χ0n) is 15.1. The fourth-order valence-corrected chi connectivity index (χ4v) is 4.25. The van der Waals surface area contributed by atoms with Crippen molar-refractivity contribution < 1.29 is 27.5 Å². The van der Waals surface area contributed by atoms with Crippen LogP contribution >= 0.6 is 0 Å². The van der Waals surface area contributed by atoms with Crippen molar-refractivity contribution in [3.8, 4) is 5.75 Å². The molecule has 8 heteroatoms. The van der Waals surface area contributed by atoms with Crippen molar-refractivity contribution in [1.82, 2.24) is 4.90 Å². The summed E-state index contributed by atoms with van der Waals surface area (Å²) in [6.07, 6.45) is 0.557. The molecule has 0 unspecified atom stereocenters. The molecular formula is C19H23F3N2O3. The van der Waals surface area contributed by atoms with E-state index in [2.05, 4.69) is 10.1 Å². The lowest BCUT2D eigenvalue weighted by Gasteiger charge is -2.24. The van der Waals surface area contributed by atoms with Crippen LogP contribution in [0.3, 0.4) is 0 Å². The van der Waals surface area contributed by atoms with E-state index in [1.807, 2.05) is 0 Å². The van der Waals surface area contributed by atoms with Crippen molar-refractivity contribution in [1.29, 1.82) is 0 Å². The molecule has 3 atom stereocenters. The van der Waals surface area contributed by atoms with Crippen molar-refractivity contribution in [3.63, 3.8) is 0 Å². The van der Waals surface area contributed by atoms with Gasteiger partial charge in [0, 0.05) is 19.2 Å². The summed E-state index contributed by atoms with van der Waals surface area (Å²) in [6, 6.07) is 4.87. The Hall–Kier alpha value is -2.25. The number of ether oxygens (including phenoxy) is 1. The van der Waals surface area contributed by atoms with Gasteiger partial charge < -0.3 is 15.0 Å². The summed E-state index contributed by atoms with van der Waals surface area (Å²) in [6.45, 7) is -0.0968. The Balaban J connectivity index is 1.44. The lowest BCUT2D eigenvalue weighted by molar-refractivity contribution is -0.274. The van der Waals surface area contributed by atoms with Crippen LogP contribution < -0.4 is 10.1 Å². The van der Waals surface area contributed by atoms with Crippen LogP contribution in [0.25, 0.3) is 0 Å². The molecule has 3 rings (SSSR count). The first-order chi connectivity index (χ1) is 12.7. The number of nitrogens with zero attached hydrogens (tertiary/aromatic N) is 1. The molecule has 2 aliphatic carbocycles. The van der Waals surface area contributed by atoms with Crippen molar-refractivity contribution in [2.45, 2.75) is 38.5 Å². The molecule has 2 aliphatic rings. The molecule has 1 N–H and O–H groups in total. The van der Waals surface area contributed by atoms with Crippen molar-refractivity contribution in [3.05, 3.63) is 24.3 Å². The molecule has 0 heterocycles. The summed E-state index contributed by atoms with van der Waals surface area (Å²) in [5.41, 5.74) is 0.337. The fourth-order valence-electron chi connectivity index (χ4n) is 4.25. The highest BCUT2D eigenvalue weighted by atomic mass is 19.4. The monoisotopic (exact) mass is 384 g/mol. The van der Waals surface area contributed by atoms with Crippen LogP contribution in [-0.2, 0) is 9.59 Å². The maximum atomic E-state index is 12.4. The van der Waals surface area contributed by atoms with Crippen LogP contribution in [0, 0.1) is 17.8 Å². The number of nitrogens with one attached hydrogen (secondary N) is 1.